The smallest absolute Gasteiger partial charge is 0.354 e. The number of halogens is 3. The molecule has 2 rings (SSSR count). The molecule has 1 fully saturated rings. The third-order valence-electron chi connectivity index (χ3n) is 3.95. The van der Waals surface area contributed by atoms with E-state index in [4.69, 9.17) is 0 Å². The minimum Gasteiger partial charge on any atom is -0.354 e. The van der Waals surface area contributed by atoms with Crippen molar-refractivity contribution in [3.63, 3.8) is 0 Å². The quantitative estimate of drug-likeness (QED) is 0.860. The highest BCUT2D eigenvalue weighted by Crippen LogP contribution is 2.24. The Kier molecular flexibility index (Phi) is 6.01. The molecule has 1 aromatic carbocycles. The van der Waals surface area contributed by atoms with Crippen LogP contribution in [0.15, 0.2) is 24.3 Å². The lowest BCUT2D eigenvalue weighted by molar-refractivity contribution is -0.184. The Balaban J connectivity index is 1.89. The first-order chi connectivity index (χ1) is 10.9. The van der Waals surface area contributed by atoms with Crippen molar-refractivity contribution in [3.8, 4) is 0 Å². The molecule has 2 N–H and O–H groups in total. The Morgan fingerprint density at radius 1 is 1.26 bits per heavy atom. The number of aryl methyl sites for hydroxylation is 1. The number of nitrogens with one attached hydrogen (secondary N) is 2. The summed E-state index contributed by atoms with van der Waals surface area (Å²) >= 11 is 0. The number of hydrogen-bond donors (Lipinski definition) is 2. The van der Waals surface area contributed by atoms with E-state index >= 15 is 0 Å². The molecule has 0 radical (unpaired) electrons. The topological polar surface area (TPSA) is 44.4 Å². The first-order valence-electron chi connectivity index (χ1n) is 7.70. The van der Waals surface area contributed by atoms with Crippen LogP contribution in [0.25, 0.3) is 0 Å². The fourth-order valence-corrected chi connectivity index (χ4v) is 2.61. The van der Waals surface area contributed by atoms with Gasteiger partial charge in [-0.1, -0.05) is 29.8 Å². The van der Waals surface area contributed by atoms with Crippen LogP contribution in [0, 0.1) is 6.92 Å². The Hall–Kier alpha value is -1.60. The molecule has 1 aliphatic rings. The van der Waals surface area contributed by atoms with Gasteiger partial charge in [-0.05, 0) is 12.5 Å². The first kappa shape index (κ1) is 17.7. The molecule has 1 unspecified atom stereocenters. The third-order valence-corrected chi connectivity index (χ3v) is 3.95. The molecular weight excluding hydrogens is 307 g/mol. The monoisotopic (exact) mass is 329 g/mol. The van der Waals surface area contributed by atoms with Crippen molar-refractivity contribution >= 4 is 5.91 Å². The van der Waals surface area contributed by atoms with Gasteiger partial charge in [0.15, 0.2) is 0 Å². The summed E-state index contributed by atoms with van der Waals surface area (Å²) in [6, 6.07) is 5.74. The number of carbonyl (C=O) groups is 1. The van der Waals surface area contributed by atoms with Crippen molar-refractivity contribution in [3.05, 3.63) is 35.4 Å². The minimum atomic E-state index is -4.35. The summed E-state index contributed by atoms with van der Waals surface area (Å²) in [6.45, 7) is 3.25. The third kappa shape index (κ3) is 5.51. The van der Waals surface area contributed by atoms with Crippen molar-refractivity contribution in [1.82, 2.24) is 15.5 Å². The van der Waals surface area contributed by atoms with Crippen molar-refractivity contribution in [1.29, 1.82) is 0 Å². The Morgan fingerprint density at radius 2 is 1.87 bits per heavy atom. The van der Waals surface area contributed by atoms with Crippen molar-refractivity contribution in [2.24, 2.45) is 0 Å². The van der Waals surface area contributed by atoms with E-state index in [0.29, 0.717) is 26.2 Å². The van der Waals surface area contributed by atoms with Crippen LogP contribution >= 0.6 is 0 Å². The predicted molar refractivity (Wildman–Crippen MR) is 82.2 cm³/mol. The van der Waals surface area contributed by atoms with Crippen molar-refractivity contribution in [2.75, 3.05) is 32.7 Å². The lowest BCUT2D eigenvalue weighted by atomic mass is 10.1. The van der Waals surface area contributed by atoms with Crippen LogP contribution < -0.4 is 10.6 Å². The van der Waals surface area contributed by atoms with Crippen molar-refractivity contribution in [2.45, 2.75) is 25.6 Å². The van der Waals surface area contributed by atoms with Crippen LogP contribution in [0.2, 0.25) is 0 Å². The summed E-state index contributed by atoms with van der Waals surface area (Å²) < 4.78 is 39.6. The van der Waals surface area contributed by atoms with E-state index in [1.54, 1.807) is 0 Å². The average molecular weight is 329 g/mol. The first-order valence-corrected chi connectivity index (χ1v) is 7.70. The largest absolute Gasteiger partial charge is 0.405 e. The summed E-state index contributed by atoms with van der Waals surface area (Å²) in [5.41, 5.74) is 1.86. The Bertz CT molecular complexity index is 510. The molecule has 0 aromatic heterocycles. The standard InChI is InChI=1S/C16H22F3N3O/c1-12-2-4-13(5-3-12)10-15(23)21-11-14(16(17,18)19)22-8-6-20-7-9-22/h2-5,14,20H,6-11H2,1H3,(H,21,23). The normalized spacial score (nSPS) is 17.7. The molecule has 4 nitrogen and oxygen atoms in total. The molecule has 0 saturated carbocycles. The van der Waals surface area contributed by atoms with Gasteiger partial charge in [0.05, 0.1) is 6.42 Å². The summed E-state index contributed by atoms with van der Waals surface area (Å²) in [7, 11) is 0. The number of benzene rings is 1. The van der Waals surface area contributed by atoms with E-state index in [9.17, 15) is 18.0 Å². The second kappa shape index (κ2) is 7.79. The highest BCUT2D eigenvalue weighted by Gasteiger charge is 2.43. The zero-order chi connectivity index (χ0) is 16.9. The number of rotatable bonds is 5. The summed E-state index contributed by atoms with van der Waals surface area (Å²) in [6.07, 6.45) is -4.26. The van der Waals surface area contributed by atoms with Gasteiger partial charge in [0.2, 0.25) is 5.91 Å². The maximum Gasteiger partial charge on any atom is 0.405 e. The van der Waals surface area contributed by atoms with Gasteiger partial charge in [-0.3, -0.25) is 9.69 Å². The van der Waals surface area contributed by atoms with E-state index in [1.807, 2.05) is 31.2 Å². The predicted octanol–water partition coefficient (Wildman–Crippen LogP) is 1.49. The average Bonchev–Trinajstić information content (AvgIpc) is 2.49. The van der Waals surface area contributed by atoms with Gasteiger partial charge in [0, 0.05) is 32.7 Å². The highest BCUT2D eigenvalue weighted by molar-refractivity contribution is 5.78. The lowest BCUT2D eigenvalue weighted by Crippen LogP contribution is -2.57. The fraction of sp³-hybridized carbons (Fsp3) is 0.562. The molecule has 128 valence electrons. The van der Waals surface area contributed by atoms with Crippen LogP contribution in [0.1, 0.15) is 11.1 Å². The van der Waals surface area contributed by atoms with E-state index in [2.05, 4.69) is 10.6 Å². The van der Waals surface area contributed by atoms with Crippen LogP contribution in [0.5, 0.6) is 0 Å². The van der Waals surface area contributed by atoms with Gasteiger partial charge >= 0.3 is 6.18 Å². The number of piperazine rings is 1. The van der Waals surface area contributed by atoms with Gasteiger partial charge in [0.25, 0.3) is 0 Å². The number of nitrogens with zero attached hydrogens (tertiary/aromatic N) is 1. The van der Waals surface area contributed by atoms with Gasteiger partial charge in [-0.15, -0.1) is 0 Å². The molecule has 7 heteroatoms. The second-order valence-corrected chi connectivity index (χ2v) is 5.81. The van der Waals surface area contributed by atoms with Crippen LogP contribution in [-0.4, -0.2) is 55.7 Å². The fourth-order valence-electron chi connectivity index (χ4n) is 2.61. The number of carbonyl (C=O) groups excluding carboxylic acids is 1. The molecule has 1 atom stereocenters. The lowest BCUT2D eigenvalue weighted by Gasteiger charge is -2.35. The van der Waals surface area contributed by atoms with Gasteiger partial charge in [-0.25, -0.2) is 0 Å². The van der Waals surface area contributed by atoms with E-state index in [-0.39, 0.29) is 6.42 Å². The van der Waals surface area contributed by atoms with Crippen LogP contribution in [0.4, 0.5) is 13.2 Å². The molecule has 1 heterocycles. The maximum absolute atomic E-state index is 13.2. The van der Waals surface area contributed by atoms with E-state index in [0.717, 1.165) is 11.1 Å². The molecular formula is C16H22F3N3O. The zero-order valence-corrected chi connectivity index (χ0v) is 13.1. The number of amides is 1. The van der Waals surface area contributed by atoms with Gasteiger partial charge in [-0.2, -0.15) is 13.2 Å². The van der Waals surface area contributed by atoms with Gasteiger partial charge < -0.3 is 10.6 Å². The molecule has 23 heavy (non-hydrogen) atoms. The Morgan fingerprint density at radius 3 is 2.43 bits per heavy atom. The van der Waals surface area contributed by atoms with Crippen LogP contribution in [0.3, 0.4) is 0 Å². The minimum absolute atomic E-state index is 0.0897. The summed E-state index contributed by atoms with van der Waals surface area (Å²) in [5, 5.41) is 5.46. The molecule has 1 amide bonds. The van der Waals surface area contributed by atoms with Gasteiger partial charge in [0.1, 0.15) is 6.04 Å². The molecule has 1 aromatic rings. The molecule has 0 spiro atoms. The Labute approximate surface area is 134 Å². The molecule has 0 aliphatic carbocycles. The molecule has 1 aliphatic heterocycles. The van der Waals surface area contributed by atoms with Crippen LogP contribution in [-0.2, 0) is 11.2 Å². The van der Waals surface area contributed by atoms with Crippen molar-refractivity contribution < 1.29 is 18.0 Å². The summed E-state index contributed by atoms with van der Waals surface area (Å²) in [5.74, 6) is -0.391. The second-order valence-electron chi connectivity index (χ2n) is 5.81. The zero-order valence-electron chi connectivity index (χ0n) is 13.1. The number of alkyl halides is 3. The van der Waals surface area contributed by atoms with E-state index < -0.39 is 24.7 Å². The molecule has 1 saturated heterocycles. The SMILES string of the molecule is Cc1ccc(CC(=O)NCC(N2CCNCC2)C(F)(F)F)cc1. The maximum atomic E-state index is 13.2. The summed E-state index contributed by atoms with van der Waals surface area (Å²) in [4.78, 5) is 13.3. The molecule has 0 bridgehead atoms. The van der Waals surface area contributed by atoms with E-state index in [1.165, 1.54) is 4.90 Å². The highest BCUT2D eigenvalue weighted by atomic mass is 19.4. The number of hydrogen-bond acceptors (Lipinski definition) is 3.